The molecule has 4 atom stereocenters. The van der Waals surface area contributed by atoms with Crippen molar-refractivity contribution in [2.75, 3.05) is 13.7 Å². The highest BCUT2D eigenvalue weighted by Gasteiger charge is 2.43. The maximum Gasteiger partial charge on any atom is 0.237 e. The number of rotatable bonds is 4. The van der Waals surface area contributed by atoms with Gasteiger partial charge in [0.2, 0.25) is 5.91 Å². The van der Waals surface area contributed by atoms with Crippen LogP contribution in [-0.2, 0) is 11.8 Å². The monoisotopic (exact) mass is 394 g/mol. The molecule has 0 bridgehead atoms. The Hall–Kier alpha value is -2.89. The maximum absolute atomic E-state index is 12.3. The van der Waals surface area contributed by atoms with Crippen molar-refractivity contribution in [3.05, 3.63) is 35.5 Å². The minimum atomic E-state index is -0.00294. The van der Waals surface area contributed by atoms with Gasteiger partial charge in [-0.25, -0.2) is 5.43 Å². The summed E-state index contributed by atoms with van der Waals surface area (Å²) >= 11 is 0. The molecule has 0 spiro atoms. The maximum atomic E-state index is 12.3. The fourth-order valence-electron chi connectivity index (χ4n) is 4.89. The minimum Gasteiger partial charge on any atom is -0.497 e. The number of hydrogen-bond donors (Lipinski definition) is 3. The van der Waals surface area contributed by atoms with Crippen molar-refractivity contribution < 1.29 is 9.53 Å². The van der Waals surface area contributed by atoms with Crippen molar-refractivity contribution in [2.24, 2.45) is 24.6 Å². The number of carbonyl (C=O) groups is 1. The van der Waals surface area contributed by atoms with Gasteiger partial charge in [-0.05, 0) is 49.3 Å². The van der Waals surface area contributed by atoms with E-state index in [1.54, 1.807) is 13.2 Å². The Morgan fingerprint density at radius 3 is 2.97 bits per heavy atom. The van der Waals surface area contributed by atoms with Crippen LogP contribution in [0.15, 0.2) is 24.4 Å². The zero-order chi connectivity index (χ0) is 20.5. The molecule has 8 nitrogen and oxygen atoms in total. The second-order valence-electron chi connectivity index (χ2n) is 7.85. The smallest absolute Gasteiger partial charge is 0.237 e. The SMILES string of the molecule is COc1ccc(-c2c(C3CCC4C(=O)NNC(CN)C4C3)cnn2C)c(C#N)c1. The Kier molecular flexibility index (Phi) is 5.26. The highest BCUT2D eigenvalue weighted by Crippen LogP contribution is 2.45. The van der Waals surface area contributed by atoms with Gasteiger partial charge in [-0.1, -0.05) is 0 Å². The molecule has 1 saturated heterocycles. The standard InChI is InChI=1S/C21H26N6O2/c1-27-20(15-6-4-14(29-2)7-13(15)9-22)18(11-24-27)12-3-5-16-17(8-12)19(10-23)25-26-21(16)28/h4,6-7,11-12,16-17,19,25H,3,5,8,10,23H2,1-2H3,(H,26,28). The molecule has 1 aromatic carbocycles. The number of hydrazine groups is 1. The Bertz CT molecular complexity index is 963. The molecule has 2 heterocycles. The van der Waals surface area contributed by atoms with Gasteiger partial charge in [0.15, 0.2) is 0 Å². The van der Waals surface area contributed by atoms with E-state index in [-0.39, 0.29) is 29.7 Å². The number of benzene rings is 1. The summed E-state index contributed by atoms with van der Waals surface area (Å²) in [5.41, 5.74) is 15.3. The number of nitrogens with two attached hydrogens (primary N) is 1. The lowest BCUT2D eigenvalue weighted by Gasteiger charge is -2.43. The summed E-state index contributed by atoms with van der Waals surface area (Å²) in [6.07, 6.45) is 4.49. The number of fused-ring (bicyclic) bond motifs is 1. The average Bonchev–Trinajstić information content (AvgIpc) is 3.14. The van der Waals surface area contributed by atoms with Crippen molar-refractivity contribution in [2.45, 2.75) is 31.2 Å². The van der Waals surface area contributed by atoms with Gasteiger partial charge in [-0.3, -0.25) is 14.9 Å². The molecule has 2 aromatic rings. The topological polar surface area (TPSA) is 118 Å². The first-order valence-electron chi connectivity index (χ1n) is 9.93. The van der Waals surface area contributed by atoms with E-state index in [2.05, 4.69) is 22.0 Å². The van der Waals surface area contributed by atoms with E-state index >= 15 is 0 Å². The number of carbonyl (C=O) groups excluding carboxylic acids is 1. The summed E-state index contributed by atoms with van der Waals surface area (Å²) in [7, 11) is 3.49. The molecule has 152 valence electrons. The summed E-state index contributed by atoms with van der Waals surface area (Å²) in [4.78, 5) is 12.3. The zero-order valence-corrected chi connectivity index (χ0v) is 16.7. The minimum absolute atomic E-state index is 0.00294. The van der Waals surface area contributed by atoms with Crippen LogP contribution in [0.1, 0.15) is 36.3 Å². The number of hydrogen-bond acceptors (Lipinski definition) is 6. The third kappa shape index (κ3) is 3.37. The van der Waals surface area contributed by atoms with E-state index in [9.17, 15) is 10.1 Å². The van der Waals surface area contributed by atoms with Crippen LogP contribution in [-0.4, -0.2) is 35.4 Å². The van der Waals surface area contributed by atoms with Crippen molar-refractivity contribution in [3.8, 4) is 23.1 Å². The first-order chi connectivity index (χ1) is 14.1. The molecular weight excluding hydrogens is 368 g/mol. The molecule has 8 heteroatoms. The highest BCUT2D eigenvalue weighted by atomic mass is 16.5. The van der Waals surface area contributed by atoms with Gasteiger partial charge in [0.05, 0.1) is 30.6 Å². The molecule has 1 aliphatic heterocycles. The second-order valence-corrected chi connectivity index (χ2v) is 7.85. The van der Waals surface area contributed by atoms with E-state index < -0.39 is 0 Å². The van der Waals surface area contributed by atoms with E-state index in [4.69, 9.17) is 10.5 Å². The summed E-state index contributed by atoms with van der Waals surface area (Å²) in [5.74, 6) is 1.16. The fraction of sp³-hybridized carbons (Fsp3) is 0.476. The van der Waals surface area contributed by atoms with Gasteiger partial charge in [0.1, 0.15) is 5.75 Å². The molecule has 4 rings (SSSR count). The number of ether oxygens (including phenoxy) is 1. The van der Waals surface area contributed by atoms with Crippen LogP contribution < -0.4 is 21.3 Å². The Labute approximate surface area is 170 Å². The van der Waals surface area contributed by atoms with Crippen LogP contribution >= 0.6 is 0 Å². The number of nitriles is 1. The van der Waals surface area contributed by atoms with Crippen LogP contribution in [0.2, 0.25) is 0 Å². The van der Waals surface area contributed by atoms with Crippen LogP contribution in [0, 0.1) is 23.2 Å². The first-order valence-corrected chi connectivity index (χ1v) is 9.93. The van der Waals surface area contributed by atoms with Gasteiger partial charge in [0.25, 0.3) is 0 Å². The van der Waals surface area contributed by atoms with Gasteiger partial charge in [-0.15, -0.1) is 0 Å². The normalized spacial score (nSPS) is 26.3. The summed E-state index contributed by atoms with van der Waals surface area (Å²) < 4.78 is 7.10. The lowest BCUT2D eigenvalue weighted by atomic mass is 9.68. The molecule has 4 unspecified atom stereocenters. The van der Waals surface area contributed by atoms with E-state index in [1.807, 2.05) is 30.1 Å². The third-order valence-corrected chi connectivity index (χ3v) is 6.40. The number of methoxy groups -OCH3 is 1. The lowest BCUT2D eigenvalue weighted by Crippen LogP contribution is -2.62. The molecule has 29 heavy (non-hydrogen) atoms. The molecule has 1 amide bonds. The first kappa shape index (κ1) is 19.4. The van der Waals surface area contributed by atoms with Crippen molar-refractivity contribution in [1.82, 2.24) is 20.6 Å². The molecule has 1 aromatic heterocycles. The third-order valence-electron chi connectivity index (χ3n) is 6.40. The molecular formula is C21H26N6O2. The molecule has 2 fully saturated rings. The van der Waals surface area contributed by atoms with Gasteiger partial charge in [-0.2, -0.15) is 10.4 Å². The summed E-state index contributed by atoms with van der Waals surface area (Å²) in [6.45, 7) is 0.477. The predicted molar refractivity (Wildman–Crippen MR) is 108 cm³/mol. The zero-order valence-electron chi connectivity index (χ0n) is 16.7. The number of aryl methyl sites for hydroxylation is 1. The number of aromatic nitrogens is 2. The molecule has 0 radical (unpaired) electrons. The van der Waals surface area contributed by atoms with E-state index in [0.717, 1.165) is 36.1 Å². The van der Waals surface area contributed by atoms with Crippen molar-refractivity contribution >= 4 is 5.91 Å². The lowest BCUT2D eigenvalue weighted by molar-refractivity contribution is -0.133. The number of nitrogens with one attached hydrogen (secondary N) is 2. The van der Waals surface area contributed by atoms with E-state index in [0.29, 0.717) is 17.9 Å². The Morgan fingerprint density at radius 1 is 1.41 bits per heavy atom. The number of nitrogens with zero attached hydrogens (tertiary/aromatic N) is 3. The van der Waals surface area contributed by atoms with Gasteiger partial charge >= 0.3 is 0 Å². The molecule has 4 N–H and O–H groups in total. The largest absolute Gasteiger partial charge is 0.497 e. The molecule has 2 aliphatic rings. The van der Waals surface area contributed by atoms with Crippen LogP contribution in [0.4, 0.5) is 0 Å². The van der Waals surface area contributed by atoms with Crippen LogP contribution in [0.3, 0.4) is 0 Å². The Balaban J connectivity index is 1.70. The van der Waals surface area contributed by atoms with Gasteiger partial charge < -0.3 is 10.5 Å². The average molecular weight is 394 g/mol. The van der Waals surface area contributed by atoms with Crippen molar-refractivity contribution in [1.29, 1.82) is 5.26 Å². The molecule has 1 saturated carbocycles. The predicted octanol–water partition coefficient (Wildman–Crippen LogP) is 1.43. The van der Waals surface area contributed by atoms with Crippen LogP contribution in [0.25, 0.3) is 11.3 Å². The molecule has 1 aliphatic carbocycles. The van der Waals surface area contributed by atoms with Crippen molar-refractivity contribution in [3.63, 3.8) is 0 Å². The highest BCUT2D eigenvalue weighted by molar-refractivity contribution is 5.79. The summed E-state index contributed by atoms with van der Waals surface area (Å²) in [5, 5.41) is 14.2. The van der Waals surface area contributed by atoms with Crippen LogP contribution in [0.5, 0.6) is 5.75 Å². The van der Waals surface area contributed by atoms with Gasteiger partial charge in [0, 0.05) is 36.7 Å². The quantitative estimate of drug-likeness (QED) is 0.722. The summed E-state index contributed by atoms with van der Waals surface area (Å²) in [6, 6.07) is 7.88. The Morgan fingerprint density at radius 2 is 2.24 bits per heavy atom. The second kappa shape index (κ2) is 7.85. The van der Waals surface area contributed by atoms with E-state index in [1.165, 1.54) is 0 Å². The number of amides is 1. The fourth-order valence-corrected chi connectivity index (χ4v) is 4.89.